The summed E-state index contributed by atoms with van der Waals surface area (Å²) in [6.07, 6.45) is 2.91. The van der Waals surface area contributed by atoms with Crippen molar-refractivity contribution in [3.8, 4) is 5.88 Å². The van der Waals surface area contributed by atoms with E-state index in [0.717, 1.165) is 17.5 Å². The van der Waals surface area contributed by atoms with E-state index in [2.05, 4.69) is 20.3 Å². The smallest absolute Gasteiger partial charge is 0.407 e. The summed E-state index contributed by atoms with van der Waals surface area (Å²) >= 11 is 0. The molecule has 266 valence electrons. The lowest BCUT2D eigenvalue weighted by Gasteiger charge is -2.31. The number of alkyl carbamates (subject to hydrolysis) is 1. The lowest BCUT2D eigenvalue weighted by molar-refractivity contribution is -0.0907. The highest BCUT2D eigenvalue weighted by molar-refractivity contribution is 7.89. The van der Waals surface area contributed by atoms with Crippen molar-refractivity contribution in [1.82, 2.24) is 19.6 Å². The Morgan fingerprint density at radius 1 is 1.12 bits per heavy atom. The molecule has 13 nitrogen and oxygen atoms in total. The number of carbonyl (C=O) groups is 1. The fourth-order valence-electron chi connectivity index (χ4n) is 6.38. The third kappa shape index (κ3) is 8.33. The number of carbonyl (C=O) groups excluding carboxylic acids is 1. The first-order valence-electron chi connectivity index (χ1n) is 16.7. The highest BCUT2D eigenvalue weighted by Gasteiger charge is 2.44. The Balaban J connectivity index is 1.22. The van der Waals surface area contributed by atoms with Crippen LogP contribution >= 0.6 is 0 Å². The third-order valence-corrected chi connectivity index (χ3v) is 10.8. The number of aliphatic hydroxyl groups excluding tert-OH is 1. The molecule has 2 aliphatic heterocycles. The van der Waals surface area contributed by atoms with Crippen molar-refractivity contribution in [2.45, 2.75) is 62.7 Å². The number of aliphatic hydroxyl groups is 1. The maximum absolute atomic E-state index is 14.3. The normalized spacial score (nSPS) is 20.5. The number of amides is 1. The van der Waals surface area contributed by atoms with Crippen LogP contribution in [0.15, 0.2) is 82.9 Å². The van der Waals surface area contributed by atoms with Gasteiger partial charge < -0.3 is 34.7 Å². The Bertz CT molecular complexity index is 1890. The summed E-state index contributed by atoms with van der Waals surface area (Å²) in [5.41, 5.74) is 2.67. The van der Waals surface area contributed by atoms with Gasteiger partial charge in [0.1, 0.15) is 6.10 Å². The summed E-state index contributed by atoms with van der Waals surface area (Å²) in [5, 5.41) is 25.6. The highest BCUT2D eigenvalue weighted by atomic mass is 32.2. The number of aliphatic imine (C=N–C) groups is 1. The van der Waals surface area contributed by atoms with Crippen LogP contribution in [0.5, 0.6) is 5.88 Å². The molecule has 4 heterocycles. The van der Waals surface area contributed by atoms with Crippen molar-refractivity contribution < 1.29 is 37.6 Å². The van der Waals surface area contributed by atoms with Gasteiger partial charge in [-0.25, -0.2) is 13.2 Å². The first-order chi connectivity index (χ1) is 24.1. The Kier molecular flexibility index (Phi) is 11.1. The van der Waals surface area contributed by atoms with E-state index in [1.54, 1.807) is 18.5 Å². The van der Waals surface area contributed by atoms with E-state index in [0.29, 0.717) is 29.6 Å². The maximum atomic E-state index is 14.3. The number of sulfonamides is 1. The van der Waals surface area contributed by atoms with Gasteiger partial charge in [-0.3, -0.25) is 9.98 Å². The first kappa shape index (κ1) is 35.5. The van der Waals surface area contributed by atoms with Gasteiger partial charge in [-0.2, -0.15) is 4.31 Å². The lowest BCUT2D eigenvalue weighted by Crippen LogP contribution is -2.51. The molecular formula is C36H43N5O8S. The fourth-order valence-corrected chi connectivity index (χ4v) is 8.03. The second kappa shape index (κ2) is 15.7. The number of fused-ring (bicyclic) bond motifs is 2. The molecule has 2 saturated heterocycles. The van der Waals surface area contributed by atoms with Crippen LogP contribution in [0.1, 0.15) is 37.0 Å². The molecule has 6 rings (SSSR count). The van der Waals surface area contributed by atoms with Crippen molar-refractivity contribution in [2.24, 2.45) is 16.8 Å². The number of nitrogens with one attached hydrogen (secondary N) is 2. The van der Waals surface area contributed by atoms with E-state index in [1.165, 1.54) is 22.7 Å². The van der Waals surface area contributed by atoms with Gasteiger partial charge in [0.15, 0.2) is 12.2 Å². The SMILES string of the molecule is CC(C)CN(CC(O)C(Cc1ccccc1)NC(=O)OC1COC2OCCC12)S(=O)(=O)c1ccc2[nH]c(O)c(C=NCc3ccncc3)c2c1. The second-order valence-corrected chi connectivity index (χ2v) is 15.1. The average Bonchev–Trinajstić information content (AvgIpc) is 3.80. The Morgan fingerprint density at radius 2 is 1.90 bits per heavy atom. The Labute approximate surface area is 291 Å². The maximum Gasteiger partial charge on any atom is 0.407 e. The number of aromatic nitrogens is 2. The predicted molar refractivity (Wildman–Crippen MR) is 186 cm³/mol. The molecule has 2 aromatic heterocycles. The molecule has 0 radical (unpaired) electrons. The second-order valence-electron chi connectivity index (χ2n) is 13.1. The molecular weight excluding hydrogens is 662 g/mol. The summed E-state index contributed by atoms with van der Waals surface area (Å²) < 4.78 is 46.6. The molecule has 4 N–H and O–H groups in total. The molecule has 1 amide bonds. The summed E-state index contributed by atoms with van der Waals surface area (Å²) in [6, 6.07) is 16.7. The number of nitrogens with zero attached hydrogens (tertiary/aromatic N) is 3. The number of aromatic amines is 1. The molecule has 50 heavy (non-hydrogen) atoms. The monoisotopic (exact) mass is 705 g/mol. The Hall–Kier alpha value is -4.34. The molecule has 5 unspecified atom stereocenters. The molecule has 2 aromatic carbocycles. The van der Waals surface area contributed by atoms with Crippen LogP contribution in [0.3, 0.4) is 0 Å². The number of hydrogen-bond acceptors (Lipinski definition) is 10. The van der Waals surface area contributed by atoms with Gasteiger partial charge >= 0.3 is 6.09 Å². The Morgan fingerprint density at radius 3 is 2.66 bits per heavy atom. The largest absolute Gasteiger partial charge is 0.494 e. The third-order valence-electron chi connectivity index (χ3n) is 8.94. The van der Waals surface area contributed by atoms with Gasteiger partial charge in [0.05, 0.1) is 48.3 Å². The molecule has 14 heteroatoms. The zero-order valence-corrected chi connectivity index (χ0v) is 28.8. The number of hydrogen-bond donors (Lipinski definition) is 4. The molecule has 0 bridgehead atoms. The summed E-state index contributed by atoms with van der Waals surface area (Å²) in [6.45, 7) is 4.70. The van der Waals surface area contributed by atoms with Gasteiger partial charge in [-0.15, -0.1) is 0 Å². The highest BCUT2D eigenvalue weighted by Crippen LogP contribution is 2.33. The molecule has 4 aromatic rings. The summed E-state index contributed by atoms with van der Waals surface area (Å²) in [7, 11) is -4.17. The van der Waals surface area contributed by atoms with Gasteiger partial charge in [-0.05, 0) is 60.2 Å². The number of rotatable bonds is 14. The van der Waals surface area contributed by atoms with E-state index < -0.39 is 40.7 Å². The van der Waals surface area contributed by atoms with Crippen LogP contribution in [-0.4, -0.2) is 96.1 Å². The van der Waals surface area contributed by atoms with E-state index in [1.807, 2.05) is 56.3 Å². The van der Waals surface area contributed by atoms with Gasteiger partial charge in [0, 0.05) is 42.6 Å². The molecule has 2 fully saturated rings. The number of ether oxygens (including phenoxy) is 3. The van der Waals surface area contributed by atoms with Crippen LogP contribution in [-0.2, 0) is 37.2 Å². The quantitative estimate of drug-likeness (QED) is 0.141. The molecule has 0 spiro atoms. The molecule has 0 saturated carbocycles. The number of aromatic hydroxyl groups is 1. The minimum Gasteiger partial charge on any atom is -0.494 e. The van der Waals surface area contributed by atoms with E-state index in [9.17, 15) is 23.4 Å². The number of pyridine rings is 1. The standard InChI is InChI=1S/C36H43N5O8S/c1-23(2)20-41(50(45,46)26-8-9-30-28(17-26)29(34(43)39-30)19-38-18-25-10-13-37-14-11-25)21-32(42)31(16-24-6-4-3-5-7-24)40-36(44)49-33-22-48-35-27(33)12-15-47-35/h3-11,13-14,17,19,23,27,31-33,35,39,42-43H,12,15-16,18,20-22H2,1-2H3,(H,40,44). The molecule has 2 aliphatic rings. The van der Waals surface area contributed by atoms with E-state index >= 15 is 0 Å². The minimum atomic E-state index is -4.17. The minimum absolute atomic E-state index is 0.0119. The summed E-state index contributed by atoms with van der Waals surface area (Å²) in [5.74, 6) is -0.274. The van der Waals surface area contributed by atoms with Crippen molar-refractivity contribution in [2.75, 3.05) is 26.3 Å². The van der Waals surface area contributed by atoms with Crippen LogP contribution < -0.4 is 5.32 Å². The van der Waals surface area contributed by atoms with Crippen molar-refractivity contribution in [1.29, 1.82) is 0 Å². The first-order valence-corrected chi connectivity index (χ1v) is 18.2. The van der Waals surface area contributed by atoms with Crippen LogP contribution in [0.4, 0.5) is 4.79 Å². The topological polar surface area (TPSA) is 176 Å². The van der Waals surface area contributed by atoms with Crippen molar-refractivity contribution >= 4 is 33.2 Å². The zero-order valence-electron chi connectivity index (χ0n) is 28.0. The van der Waals surface area contributed by atoms with Gasteiger partial charge in [0.2, 0.25) is 10.0 Å². The van der Waals surface area contributed by atoms with Gasteiger partial charge in [-0.1, -0.05) is 44.2 Å². The summed E-state index contributed by atoms with van der Waals surface area (Å²) in [4.78, 5) is 24.5. The molecule has 0 aliphatic carbocycles. The zero-order chi connectivity index (χ0) is 35.3. The average molecular weight is 706 g/mol. The van der Waals surface area contributed by atoms with E-state index in [-0.39, 0.29) is 48.7 Å². The molecule has 5 atom stereocenters. The van der Waals surface area contributed by atoms with Crippen LogP contribution in [0.25, 0.3) is 10.9 Å². The number of benzene rings is 2. The van der Waals surface area contributed by atoms with Crippen LogP contribution in [0, 0.1) is 11.8 Å². The van der Waals surface area contributed by atoms with Crippen molar-refractivity contribution in [3.63, 3.8) is 0 Å². The predicted octanol–water partition coefficient (Wildman–Crippen LogP) is 3.99. The van der Waals surface area contributed by atoms with Gasteiger partial charge in [0.25, 0.3) is 0 Å². The lowest BCUT2D eigenvalue weighted by atomic mass is 10.0. The fraction of sp³-hybridized carbons (Fsp3) is 0.417. The van der Waals surface area contributed by atoms with Crippen molar-refractivity contribution in [3.05, 3.63) is 89.7 Å². The van der Waals surface area contributed by atoms with E-state index in [4.69, 9.17) is 14.2 Å². The van der Waals surface area contributed by atoms with Crippen LogP contribution in [0.2, 0.25) is 0 Å². The number of H-pyrrole nitrogens is 1.